The summed E-state index contributed by atoms with van der Waals surface area (Å²) in [6, 6.07) is 3.30. The average molecular weight is 447 g/mol. The fourth-order valence-corrected chi connectivity index (χ4v) is 4.11. The summed E-state index contributed by atoms with van der Waals surface area (Å²) in [5.41, 5.74) is 0.582. The Morgan fingerprint density at radius 3 is 2.69 bits per heavy atom. The van der Waals surface area contributed by atoms with Crippen LogP contribution in [0.3, 0.4) is 0 Å². The molecule has 3 aromatic rings. The molecule has 4 heterocycles. The molecule has 1 aliphatic heterocycles. The number of piperidine rings is 1. The minimum Gasteiger partial charge on any atom is -0.394 e. The molecule has 1 fully saturated rings. The van der Waals surface area contributed by atoms with Crippen LogP contribution in [0.4, 0.5) is 13.2 Å². The Bertz CT molecular complexity index is 1180. The number of aromatic nitrogens is 4. The van der Waals surface area contributed by atoms with Gasteiger partial charge in [0.15, 0.2) is 0 Å². The number of nitrogens with zero attached hydrogens (tertiary/aromatic N) is 5. The maximum atomic E-state index is 13.2. The Balaban J connectivity index is 1.91. The molecule has 0 spiro atoms. The first-order valence-corrected chi connectivity index (χ1v) is 10.4. The van der Waals surface area contributed by atoms with E-state index in [0.717, 1.165) is 38.2 Å². The molecule has 0 aliphatic carbocycles. The Labute approximate surface area is 182 Å². The average Bonchev–Trinajstić information content (AvgIpc) is 2.78. The van der Waals surface area contributed by atoms with Crippen LogP contribution in [-0.4, -0.2) is 56.3 Å². The highest BCUT2D eigenvalue weighted by Crippen LogP contribution is 2.33. The van der Waals surface area contributed by atoms with Crippen molar-refractivity contribution in [2.75, 3.05) is 26.7 Å². The van der Waals surface area contributed by atoms with E-state index in [0.29, 0.717) is 27.9 Å². The van der Waals surface area contributed by atoms with Gasteiger partial charge in [-0.15, -0.1) is 0 Å². The highest BCUT2D eigenvalue weighted by atomic mass is 19.4. The fourth-order valence-electron chi connectivity index (χ4n) is 4.11. The van der Waals surface area contributed by atoms with Crippen LogP contribution in [0.15, 0.2) is 35.5 Å². The molecule has 1 unspecified atom stereocenters. The molecular weight excluding hydrogens is 423 g/mol. The number of aliphatic hydroxyl groups excluding tert-OH is 1. The van der Waals surface area contributed by atoms with Crippen molar-refractivity contribution in [1.29, 1.82) is 0 Å². The Morgan fingerprint density at radius 2 is 2.06 bits per heavy atom. The van der Waals surface area contributed by atoms with Gasteiger partial charge in [-0.25, -0.2) is 4.98 Å². The third-order valence-electron chi connectivity index (χ3n) is 5.90. The number of fused-ring (bicyclic) bond motifs is 1. The van der Waals surface area contributed by atoms with Gasteiger partial charge in [-0.1, -0.05) is 0 Å². The van der Waals surface area contributed by atoms with Crippen LogP contribution in [0.1, 0.15) is 43.1 Å². The van der Waals surface area contributed by atoms with E-state index >= 15 is 0 Å². The molecule has 170 valence electrons. The lowest BCUT2D eigenvalue weighted by atomic mass is 9.92. The van der Waals surface area contributed by atoms with Gasteiger partial charge in [-0.3, -0.25) is 19.3 Å². The monoisotopic (exact) mass is 447 g/mol. The van der Waals surface area contributed by atoms with Crippen LogP contribution in [0.25, 0.3) is 22.2 Å². The van der Waals surface area contributed by atoms with Crippen molar-refractivity contribution < 1.29 is 18.3 Å². The van der Waals surface area contributed by atoms with E-state index in [9.17, 15) is 23.1 Å². The zero-order valence-corrected chi connectivity index (χ0v) is 17.8. The van der Waals surface area contributed by atoms with Gasteiger partial charge in [0, 0.05) is 24.2 Å². The van der Waals surface area contributed by atoms with Crippen molar-refractivity contribution in [2.45, 2.75) is 37.9 Å². The van der Waals surface area contributed by atoms with Gasteiger partial charge >= 0.3 is 6.18 Å². The molecule has 1 aliphatic rings. The molecule has 32 heavy (non-hydrogen) atoms. The quantitative estimate of drug-likeness (QED) is 0.661. The molecule has 1 saturated heterocycles. The summed E-state index contributed by atoms with van der Waals surface area (Å²) in [6.07, 6.45) is -0.152. The Kier molecular flexibility index (Phi) is 6.00. The van der Waals surface area contributed by atoms with Crippen LogP contribution >= 0.6 is 0 Å². The first-order valence-electron chi connectivity index (χ1n) is 10.4. The lowest BCUT2D eigenvalue weighted by molar-refractivity contribution is -0.141. The van der Waals surface area contributed by atoms with E-state index in [1.165, 1.54) is 17.0 Å². The molecule has 4 rings (SSSR count). The highest BCUT2D eigenvalue weighted by molar-refractivity contribution is 5.84. The van der Waals surface area contributed by atoms with Crippen molar-refractivity contribution >= 4 is 10.9 Å². The minimum absolute atomic E-state index is 0.0385. The van der Waals surface area contributed by atoms with Gasteiger partial charge < -0.3 is 10.0 Å². The van der Waals surface area contributed by atoms with E-state index in [1.54, 1.807) is 13.0 Å². The molecule has 2 atom stereocenters. The molecule has 0 bridgehead atoms. The lowest BCUT2D eigenvalue weighted by Crippen LogP contribution is -2.32. The van der Waals surface area contributed by atoms with Crippen molar-refractivity contribution in [3.63, 3.8) is 0 Å². The molecule has 0 radical (unpaired) electrons. The summed E-state index contributed by atoms with van der Waals surface area (Å²) in [5.74, 6) is 0.0385. The van der Waals surface area contributed by atoms with Gasteiger partial charge in [0.2, 0.25) is 0 Å². The number of pyridine rings is 2. The number of alkyl halides is 3. The number of likely N-dealkylation sites (tertiary alicyclic amines) is 1. The van der Waals surface area contributed by atoms with Crippen molar-refractivity contribution in [3.8, 4) is 11.3 Å². The number of likely N-dealkylation sites (N-methyl/N-ethyl adjacent to an activating group) is 1. The van der Waals surface area contributed by atoms with E-state index in [4.69, 9.17) is 4.98 Å². The van der Waals surface area contributed by atoms with Crippen LogP contribution in [0, 0.1) is 0 Å². The fraction of sp³-hybridized carbons (Fsp3) is 0.455. The lowest BCUT2D eigenvalue weighted by Gasteiger charge is -2.30. The zero-order chi connectivity index (χ0) is 23.0. The number of hydrogen-bond donors (Lipinski definition) is 1. The molecule has 0 saturated carbocycles. The molecule has 0 amide bonds. The van der Waals surface area contributed by atoms with Gasteiger partial charge in [-0.05, 0) is 51.6 Å². The Morgan fingerprint density at radius 1 is 1.28 bits per heavy atom. The van der Waals surface area contributed by atoms with E-state index < -0.39 is 17.9 Å². The van der Waals surface area contributed by atoms with Crippen molar-refractivity contribution in [1.82, 2.24) is 24.4 Å². The number of rotatable bonds is 4. The smallest absolute Gasteiger partial charge is 0.394 e. The summed E-state index contributed by atoms with van der Waals surface area (Å²) in [4.78, 5) is 28.2. The summed E-state index contributed by atoms with van der Waals surface area (Å²) in [6.45, 7) is 3.18. The predicted molar refractivity (Wildman–Crippen MR) is 113 cm³/mol. The van der Waals surface area contributed by atoms with E-state index in [1.807, 2.05) is 7.05 Å². The molecule has 3 aromatic heterocycles. The second-order valence-electron chi connectivity index (χ2n) is 8.31. The number of aliphatic hydroxyl groups is 1. The van der Waals surface area contributed by atoms with Crippen molar-refractivity contribution in [2.24, 2.45) is 0 Å². The predicted octanol–water partition coefficient (Wildman–Crippen LogP) is 3.23. The summed E-state index contributed by atoms with van der Waals surface area (Å²) >= 11 is 0. The second-order valence-corrected chi connectivity index (χ2v) is 8.31. The minimum atomic E-state index is -4.54. The Hall–Kier alpha value is -2.85. The maximum Gasteiger partial charge on any atom is 0.433 e. The van der Waals surface area contributed by atoms with Gasteiger partial charge in [0.1, 0.15) is 5.69 Å². The SMILES string of the molecule is C[C@@H](CO)n1cnc2c(C3CCCN(C)C3)nc(-c3ccc(C(F)(F)F)nc3)cc2c1=O. The van der Waals surface area contributed by atoms with Gasteiger partial charge in [0.25, 0.3) is 5.56 Å². The third-order valence-corrected chi connectivity index (χ3v) is 5.90. The number of halogens is 3. The zero-order valence-electron chi connectivity index (χ0n) is 17.8. The van der Waals surface area contributed by atoms with Crippen LogP contribution in [0.2, 0.25) is 0 Å². The molecular formula is C22H24F3N5O2. The molecule has 1 N–H and O–H groups in total. The van der Waals surface area contributed by atoms with Crippen LogP contribution < -0.4 is 5.56 Å². The molecule has 0 aromatic carbocycles. The van der Waals surface area contributed by atoms with Crippen LogP contribution in [-0.2, 0) is 6.18 Å². The number of hydrogen-bond acceptors (Lipinski definition) is 6. The normalized spacial score (nSPS) is 18.8. The maximum absolute atomic E-state index is 13.2. The summed E-state index contributed by atoms with van der Waals surface area (Å²) in [7, 11) is 2.02. The van der Waals surface area contributed by atoms with Gasteiger partial charge in [-0.2, -0.15) is 13.2 Å². The van der Waals surface area contributed by atoms with E-state index in [2.05, 4.69) is 14.9 Å². The second kappa shape index (κ2) is 8.59. The topological polar surface area (TPSA) is 84.1 Å². The third kappa shape index (κ3) is 4.24. The molecule has 10 heteroatoms. The highest BCUT2D eigenvalue weighted by Gasteiger charge is 2.32. The first kappa shape index (κ1) is 22.3. The standard InChI is InChI=1S/C22H24F3N5O2/c1-13(11-31)30-12-27-20-16(21(30)32)8-17(14-5-6-18(26-9-14)22(23,24)25)28-19(20)15-4-3-7-29(2)10-15/h5-6,8-9,12-13,15,31H,3-4,7,10-11H2,1-2H3/t13-,15?/m0/s1. The largest absolute Gasteiger partial charge is 0.433 e. The summed E-state index contributed by atoms with van der Waals surface area (Å²) < 4.78 is 40.1. The van der Waals surface area contributed by atoms with Crippen LogP contribution in [0.5, 0.6) is 0 Å². The van der Waals surface area contributed by atoms with Gasteiger partial charge in [0.05, 0.1) is 41.3 Å². The van der Waals surface area contributed by atoms with E-state index in [-0.39, 0.29) is 18.1 Å². The molecule has 7 nitrogen and oxygen atoms in total. The summed E-state index contributed by atoms with van der Waals surface area (Å²) in [5, 5.41) is 9.81. The van der Waals surface area contributed by atoms with Crippen molar-refractivity contribution in [3.05, 3.63) is 52.5 Å². The first-order chi connectivity index (χ1) is 15.2.